The zero-order valence-corrected chi connectivity index (χ0v) is 10.2. The van der Waals surface area contributed by atoms with E-state index in [0.29, 0.717) is 16.8 Å². The second-order valence-electron chi connectivity index (χ2n) is 4.20. The maximum Gasteiger partial charge on any atom is 0.282 e. The first-order valence-electron chi connectivity index (χ1n) is 5.85. The van der Waals surface area contributed by atoms with Gasteiger partial charge in [0.05, 0.1) is 39.5 Å². The maximum atomic E-state index is 11.1. The van der Waals surface area contributed by atoms with Crippen LogP contribution in [0.2, 0.25) is 0 Å². The molecule has 0 atom stereocenters. The highest BCUT2D eigenvalue weighted by Crippen LogP contribution is 2.31. The lowest BCUT2D eigenvalue weighted by Crippen LogP contribution is -1.94. The van der Waals surface area contributed by atoms with Gasteiger partial charge in [0.25, 0.3) is 5.69 Å². The zero-order valence-electron chi connectivity index (χ0n) is 10.2. The van der Waals surface area contributed by atoms with Crippen molar-refractivity contribution in [1.82, 2.24) is 9.97 Å². The molecule has 0 aliphatic heterocycles. The van der Waals surface area contributed by atoms with E-state index in [0.717, 1.165) is 11.6 Å². The summed E-state index contributed by atoms with van der Waals surface area (Å²) in [6.45, 7) is 0. The predicted molar refractivity (Wildman–Crippen MR) is 73.3 cm³/mol. The first kappa shape index (κ1) is 12.0. The Bertz CT molecular complexity index is 818. The van der Waals surface area contributed by atoms with Crippen molar-refractivity contribution >= 4 is 16.7 Å². The summed E-state index contributed by atoms with van der Waals surface area (Å²) in [7, 11) is 0. The Morgan fingerprint density at radius 2 is 1.85 bits per heavy atom. The van der Waals surface area contributed by atoms with Crippen LogP contribution in [-0.4, -0.2) is 20.0 Å². The van der Waals surface area contributed by atoms with Gasteiger partial charge in [-0.15, -0.1) is 0 Å². The summed E-state index contributed by atoms with van der Waals surface area (Å²) in [5, 5.41) is 20.4. The van der Waals surface area contributed by atoms with E-state index >= 15 is 0 Å². The van der Waals surface area contributed by atoms with E-state index in [-0.39, 0.29) is 11.4 Å². The zero-order chi connectivity index (χ0) is 14.1. The van der Waals surface area contributed by atoms with Crippen LogP contribution in [0.25, 0.3) is 22.3 Å². The van der Waals surface area contributed by atoms with Crippen molar-refractivity contribution in [2.75, 3.05) is 0 Å². The minimum absolute atomic E-state index is 0.158. The second-order valence-corrected chi connectivity index (χ2v) is 4.20. The Balaban J connectivity index is 2.22. The number of phenols is 1. The number of aromatic hydroxyl groups is 1. The number of phenolic OH excluding ortho intramolecular Hbond substituents is 1. The molecule has 3 rings (SSSR count). The molecule has 3 aromatic rings. The Morgan fingerprint density at radius 1 is 1.10 bits per heavy atom. The topological polar surface area (TPSA) is 89.2 Å². The number of hydrogen-bond acceptors (Lipinski definition) is 5. The SMILES string of the molecule is O=[N+]([O-])c1cc(O)ccc1-c1cnc2ccccc2n1. The molecule has 0 amide bonds. The molecule has 0 unspecified atom stereocenters. The third kappa shape index (κ3) is 2.03. The van der Waals surface area contributed by atoms with Crippen LogP contribution < -0.4 is 0 Å². The number of rotatable bonds is 2. The number of aromatic nitrogens is 2. The number of fused-ring (bicyclic) bond motifs is 1. The molecular weight excluding hydrogens is 258 g/mol. The van der Waals surface area contributed by atoms with Crippen LogP contribution in [0.15, 0.2) is 48.7 Å². The molecule has 0 spiro atoms. The fourth-order valence-corrected chi connectivity index (χ4v) is 1.97. The standard InChI is InChI=1S/C14H9N3O3/c18-9-5-6-10(14(7-9)17(19)20)13-8-15-11-3-1-2-4-12(11)16-13/h1-8,18H. The fraction of sp³-hybridized carbons (Fsp3) is 0. The van der Waals surface area contributed by atoms with Crippen LogP contribution in [0, 0.1) is 10.1 Å². The summed E-state index contributed by atoms with van der Waals surface area (Å²) in [5.74, 6) is -0.158. The normalized spacial score (nSPS) is 10.6. The van der Waals surface area contributed by atoms with E-state index < -0.39 is 4.92 Å². The number of para-hydroxylation sites is 2. The summed E-state index contributed by atoms with van der Waals surface area (Å²) < 4.78 is 0. The molecule has 0 saturated heterocycles. The van der Waals surface area contributed by atoms with E-state index in [4.69, 9.17) is 0 Å². The van der Waals surface area contributed by atoms with E-state index in [1.807, 2.05) is 18.2 Å². The lowest BCUT2D eigenvalue weighted by molar-refractivity contribution is -0.384. The molecule has 0 aliphatic rings. The van der Waals surface area contributed by atoms with Crippen molar-refractivity contribution in [3.05, 3.63) is 58.8 Å². The molecule has 6 nitrogen and oxygen atoms in total. The van der Waals surface area contributed by atoms with Gasteiger partial charge < -0.3 is 5.11 Å². The van der Waals surface area contributed by atoms with Crippen LogP contribution in [0.4, 0.5) is 5.69 Å². The molecule has 0 saturated carbocycles. The van der Waals surface area contributed by atoms with Gasteiger partial charge in [0.2, 0.25) is 0 Å². The van der Waals surface area contributed by atoms with Gasteiger partial charge in [0, 0.05) is 0 Å². The minimum atomic E-state index is -0.550. The number of nitro benzene ring substituents is 1. The lowest BCUT2D eigenvalue weighted by Gasteiger charge is -2.04. The monoisotopic (exact) mass is 267 g/mol. The third-order valence-corrected chi connectivity index (χ3v) is 2.90. The summed E-state index contributed by atoms with van der Waals surface area (Å²) in [6, 6.07) is 11.2. The molecule has 0 aliphatic carbocycles. The third-order valence-electron chi connectivity index (χ3n) is 2.90. The average Bonchev–Trinajstić information content (AvgIpc) is 2.46. The van der Waals surface area contributed by atoms with Crippen molar-refractivity contribution in [3.63, 3.8) is 0 Å². The molecule has 0 radical (unpaired) electrons. The number of benzene rings is 2. The highest BCUT2D eigenvalue weighted by atomic mass is 16.6. The van der Waals surface area contributed by atoms with Gasteiger partial charge in [-0.2, -0.15) is 0 Å². The number of nitrogens with zero attached hydrogens (tertiary/aromatic N) is 3. The molecule has 0 bridgehead atoms. The van der Waals surface area contributed by atoms with E-state index in [9.17, 15) is 15.2 Å². The first-order valence-corrected chi connectivity index (χ1v) is 5.85. The number of nitro groups is 1. The largest absolute Gasteiger partial charge is 0.508 e. The van der Waals surface area contributed by atoms with Gasteiger partial charge in [-0.1, -0.05) is 12.1 Å². The second kappa shape index (κ2) is 4.58. The van der Waals surface area contributed by atoms with Crippen molar-refractivity contribution in [3.8, 4) is 17.0 Å². The van der Waals surface area contributed by atoms with Gasteiger partial charge in [-0.05, 0) is 24.3 Å². The Labute approximate surface area is 113 Å². The van der Waals surface area contributed by atoms with Crippen LogP contribution in [0.1, 0.15) is 0 Å². The number of hydrogen-bond donors (Lipinski definition) is 1. The van der Waals surface area contributed by atoms with E-state index in [2.05, 4.69) is 9.97 Å². The van der Waals surface area contributed by atoms with Crippen molar-refractivity contribution in [2.24, 2.45) is 0 Å². The molecular formula is C14H9N3O3. The smallest absolute Gasteiger partial charge is 0.282 e. The molecule has 6 heteroatoms. The van der Waals surface area contributed by atoms with Gasteiger partial charge >= 0.3 is 0 Å². The quantitative estimate of drug-likeness (QED) is 0.569. The molecule has 1 heterocycles. The minimum Gasteiger partial charge on any atom is -0.508 e. The van der Waals surface area contributed by atoms with Crippen LogP contribution in [0.3, 0.4) is 0 Å². The average molecular weight is 267 g/mol. The molecule has 2 aromatic carbocycles. The van der Waals surface area contributed by atoms with Gasteiger partial charge in [-0.3, -0.25) is 15.1 Å². The van der Waals surface area contributed by atoms with Gasteiger partial charge in [-0.25, -0.2) is 4.98 Å². The highest BCUT2D eigenvalue weighted by molar-refractivity contribution is 5.79. The van der Waals surface area contributed by atoms with E-state index in [1.54, 1.807) is 6.07 Å². The Hall–Kier alpha value is -3.02. The summed E-state index contributed by atoms with van der Waals surface area (Å²) in [6.07, 6.45) is 1.49. The van der Waals surface area contributed by atoms with Crippen LogP contribution >= 0.6 is 0 Å². The van der Waals surface area contributed by atoms with Crippen molar-refractivity contribution in [1.29, 1.82) is 0 Å². The highest BCUT2D eigenvalue weighted by Gasteiger charge is 2.17. The van der Waals surface area contributed by atoms with Crippen molar-refractivity contribution < 1.29 is 10.0 Å². The van der Waals surface area contributed by atoms with Crippen molar-refractivity contribution in [2.45, 2.75) is 0 Å². The Kier molecular flexibility index (Phi) is 2.76. The summed E-state index contributed by atoms with van der Waals surface area (Å²) >= 11 is 0. The van der Waals surface area contributed by atoms with E-state index in [1.165, 1.54) is 18.3 Å². The first-order chi connectivity index (χ1) is 9.65. The summed E-state index contributed by atoms with van der Waals surface area (Å²) in [4.78, 5) is 19.1. The Morgan fingerprint density at radius 3 is 2.60 bits per heavy atom. The predicted octanol–water partition coefficient (Wildman–Crippen LogP) is 2.91. The fourth-order valence-electron chi connectivity index (χ4n) is 1.97. The molecule has 1 N–H and O–H groups in total. The molecule has 20 heavy (non-hydrogen) atoms. The van der Waals surface area contributed by atoms with Crippen LogP contribution in [-0.2, 0) is 0 Å². The van der Waals surface area contributed by atoms with Gasteiger partial charge in [0.1, 0.15) is 5.75 Å². The van der Waals surface area contributed by atoms with Crippen LogP contribution in [0.5, 0.6) is 5.75 Å². The molecule has 1 aromatic heterocycles. The molecule has 0 fully saturated rings. The molecule has 98 valence electrons. The maximum absolute atomic E-state index is 11.1. The lowest BCUT2D eigenvalue weighted by atomic mass is 10.1. The summed E-state index contributed by atoms with van der Waals surface area (Å²) in [5.41, 5.74) is 1.90. The van der Waals surface area contributed by atoms with Gasteiger partial charge in [0.15, 0.2) is 0 Å².